The number of hydrogen-bond donors (Lipinski definition) is 2. The van der Waals surface area contributed by atoms with E-state index in [1.165, 1.54) is 6.92 Å². The molecule has 0 spiro atoms. The van der Waals surface area contributed by atoms with Gasteiger partial charge in [0, 0.05) is 19.2 Å². The Morgan fingerprint density at radius 3 is 2.57 bits per heavy atom. The lowest BCUT2D eigenvalue weighted by Gasteiger charge is -2.11. The fourth-order valence-corrected chi connectivity index (χ4v) is 2.02. The van der Waals surface area contributed by atoms with Crippen molar-refractivity contribution in [1.82, 2.24) is 0 Å². The first-order valence-electron chi connectivity index (χ1n) is 6.38. The van der Waals surface area contributed by atoms with Gasteiger partial charge in [-0.2, -0.15) is 5.26 Å². The van der Waals surface area contributed by atoms with Crippen molar-refractivity contribution in [3.05, 3.63) is 58.6 Å². The summed E-state index contributed by atoms with van der Waals surface area (Å²) in [5.41, 5.74) is 3.10. The van der Waals surface area contributed by atoms with Gasteiger partial charge in [-0.25, -0.2) is 0 Å². The summed E-state index contributed by atoms with van der Waals surface area (Å²) < 4.78 is 0. The lowest BCUT2D eigenvalue weighted by molar-refractivity contribution is -0.114. The monoisotopic (exact) mass is 299 g/mol. The number of nitrogens with one attached hydrogen (secondary N) is 2. The van der Waals surface area contributed by atoms with Crippen LogP contribution in [-0.4, -0.2) is 5.91 Å². The maximum absolute atomic E-state index is 11.1. The highest BCUT2D eigenvalue weighted by Crippen LogP contribution is 2.26. The van der Waals surface area contributed by atoms with Crippen LogP contribution in [0.15, 0.2) is 42.5 Å². The molecule has 0 unspecified atom stereocenters. The predicted octanol–water partition coefficient (Wildman–Crippen LogP) is 3.78. The number of benzene rings is 2. The minimum absolute atomic E-state index is 0.129. The molecule has 0 saturated heterocycles. The van der Waals surface area contributed by atoms with Gasteiger partial charge in [-0.1, -0.05) is 23.7 Å². The van der Waals surface area contributed by atoms with E-state index in [1.54, 1.807) is 30.3 Å². The van der Waals surface area contributed by atoms with Gasteiger partial charge in [0.25, 0.3) is 0 Å². The van der Waals surface area contributed by atoms with Crippen LogP contribution in [0.4, 0.5) is 11.4 Å². The van der Waals surface area contributed by atoms with Gasteiger partial charge in [0.15, 0.2) is 0 Å². The third-order valence-corrected chi connectivity index (χ3v) is 3.18. The van der Waals surface area contributed by atoms with Crippen molar-refractivity contribution >= 4 is 28.9 Å². The lowest BCUT2D eigenvalue weighted by atomic mass is 10.1. The number of rotatable bonds is 4. The summed E-state index contributed by atoms with van der Waals surface area (Å²) in [7, 11) is 0. The topological polar surface area (TPSA) is 64.9 Å². The zero-order chi connectivity index (χ0) is 15.2. The number of nitriles is 1. The van der Waals surface area contributed by atoms with E-state index in [0.717, 1.165) is 11.3 Å². The number of hydrogen-bond acceptors (Lipinski definition) is 3. The summed E-state index contributed by atoms with van der Waals surface area (Å²) in [6, 6.07) is 14.7. The van der Waals surface area contributed by atoms with Crippen LogP contribution < -0.4 is 10.6 Å². The molecule has 106 valence electrons. The van der Waals surface area contributed by atoms with Crippen molar-refractivity contribution in [2.75, 3.05) is 10.6 Å². The minimum Gasteiger partial charge on any atom is -0.380 e. The van der Waals surface area contributed by atoms with E-state index < -0.39 is 0 Å². The molecule has 0 aliphatic heterocycles. The number of halogens is 1. The van der Waals surface area contributed by atoms with Gasteiger partial charge in [0.05, 0.1) is 22.3 Å². The number of nitrogens with zero attached hydrogens (tertiary/aromatic N) is 1. The number of carbonyl (C=O) groups excluding carboxylic acids is 1. The van der Waals surface area contributed by atoms with Crippen LogP contribution in [-0.2, 0) is 11.3 Å². The number of anilines is 2. The summed E-state index contributed by atoms with van der Waals surface area (Å²) in [6.45, 7) is 2.04. The standard InChI is InChI=1S/C16H14ClN3O/c1-11(21)20-14-6-7-15(17)16(8-14)19-10-13-4-2-12(9-18)3-5-13/h2-8,19H,10H2,1H3,(H,20,21). The van der Waals surface area contributed by atoms with Crippen molar-refractivity contribution in [3.63, 3.8) is 0 Å². The van der Waals surface area contributed by atoms with Gasteiger partial charge in [-0.15, -0.1) is 0 Å². The van der Waals surface area contributed by atoms with Crippen LogP contribution in [0.3, 0.4) is 0 Å². The first-order valence-corrected chi connectivity index (χ1v) is 6.76. The molecule has 0 saturated carbocycles. The quantitative estimate of drug-likeness (QED) is 0.903. The van der Waals surface area contributed by atoms with Crippen LogP contribution in [0.25, 0.3) is 0 Å². The molecule has 2 aromatic rings. The average Bonchev–Trinajstić information content (AvgIpc) is 2.48. The predicted molar refractivity (Wildman–Crippen MR) is 84.2 cm³/mol. The Morgan fingerprint density at radius 2 is 1.95 bits per heavy atom. The summed E-state index contributed by atoms with van der Waals surface area (Å²) in [5, 5.41) is 15.3. The first-order chi connectivity index (χ1) is 10.1. The molecule has 2 aromatic carbocycles. The summed E-state index contributed by atoms with van der Waals surface area (Å²) in [4.78, 5) is 11.1. The highest BCUT2D eigenvalue weighted by atomic mass is 35.5. The molecule has 0 bridgehead atoms. The molecule has 5 heteroatoms. The van der Waals surface area contributed by atoms with Gasteiger partial charge >= 0.3 is 0 Å². The zero-order valence-corrected chi connectivity index (χ0v) is 12.2. The maximum atomic E-state index is 11.1. The highest BCUT2D eigenvalue weighted by molar-refractivity contribution is 6.33. The summed E-state index contributed by atoms with van der Waals surface area (Å²) in [5.74, 6) is -0.129. The van der Waals surface area contributed by atoms with Crippen LogP contribution in [0.5, 0.6) is 0 Å². The Labute approximate surface area is 128 Å². The average molecular weight is 300 g/mol. The van der Waals surface area contributed by atoms with Gasteiger partial charge in [0.1, 0.15) is 0 Å². The van der Waals surface area contributed by atoms with E-state index in [9.17, 15) is 4.79 Å². The fraction of sp³-hybridized carbons (Fsp3) is 0.125. The Morgan fingerprint density at radius 1 is 1.24 bits per heavy atom. The van der Waals surface area contributed by atoms with Crippen LogP contribution in [0, 0.1) is 11.3 Å². The third-order valence-electron chi connectivity index (χ3n) is 2.85. The second-order valence-corrected chi connectivity index (χ2v) is 4.95. The Hall–Kier alpha value is -2.51. The van der Waals surface area contributed by atoms with E-state index in [0.29, 0.717) is 22.8 Å². The second-order valence-electron chi connectivity index (χ2n) is 4.54. The van der Waals surface area contributed by atoms with Crippen molar-refractivity contribution in [3.8, 4) is 6.07 Å². The molecule has 0 aliphatic rings. The van der Waals surface area contributed by atoms with Crippen LogP contribution in [0.1, 0.15) is 18.1 Å². The second kappa shape index (κ2) is 6.78. The third kappa shape index (κ3) is 4.23. The zero-order valence-electron chi connectivity index (χ0n) is 11.5. The largest absolute Gasteiger partial charge is 0.380 e. The summed E-state index contributed by atoms with van der Waals surface area (Å²) >= 11 is 6.13. The number of amides is 1. The molecule has 2 N–H and O–H groups in total. The Bertz CT molecular complexity index is 690. The van der Waals surface area contributed by atoms with Crippen LogP contribution in [0.2, 0.25) is 5.02 Å². The normalized spacial score (nSPS) is 9.76. The SMILES string of the molecule is CC(=O)Nc1ccc(Cl)c(NCc2ccc(C#N)cc2)c1. The minimum atomic E-state index is -0.129. The maximum Gasteiger partial charge on any atom is 0.221 e. The smallest absolute Gasteiger partial charge is 0.221 e. The van der Waals surface area contributed by atoms with E-state index >= 15 is 0 Å². The van der Waals surface area contributed by atoms with Crippen molar-refractivity contribution in [1.29, 1.82) is 5.26 Å². The molecule has 0 heterocycles. The molecular formula is C16H14ClN3O. The summed E-state index contributed by atoms with van der Waals surface area (Å²) in [6.07, 6.45) is 0. The van der Waals surface area contributed by atoms with E-state index in [-0.39, 0.29) is 5.91 Å². The Balaban J connectivity index is 2.08. The Kier molecular flexibility index (Phi) is 4.81. The van der Waals surface area contributed by atoms with E-state index in [2.05, 4.69) is 16.7 Å². The molecule has 1 amide bonds. The van der Waals surface area contributed by atoms with Gasteiger partial charge in [-0.05, 0) is 35.9 Å². The van der Waals surface area contributed by atoms with Crippen LogP contribution >= 0.6 is 11.6 Å². The molecule has 0 aliphatic carbocycles. The van der Waals surface area contributed by atoms with Crippen molar-refractivity contribution in [2.45, 2.75) is 13.5 Å². The molecule has 0 atom stereocenters. The molecule has 0 radical (unpaired) electrons. The highest BCUT2D eigenvalue weighted by Gasteiger charge is 2.03. The molecule has 4 nitrogen and oxygen atoms in total. The van der Waals surface area contributed by atoms with Crippen molar-refractivity contribution < 1.29 is 4.79 Å². The first kappa shape index (κ1) is 14.9. The van der Waals surface area contributed by atoms with Gasteiger partial charge in [0.2, 0.25) is 5.91 Å². The molecule has 21 heavy (non-hydrogen) atoms. The van der Waals surface area contributed by atoms with Gasteiger partial charge in [-0.3, -0.25) is 4.79 Å². The number of carbonyl (C=O) groups is 1. The van der Waals surface area contributed by atoms with E-state index in [1.807, 2.05) is 12.1 Å². The molecular weight excluding hydrogens is 286 g/mol. The molecule has 0 aromatic heterocycles. The van der Waals surface area contributed by atoms with Gasteiger partial charge < -0.3 is 10.6 Å². The molecule has 2 rings (SSSR count). The van der Waals surface area contributed by atoms with E-state index in [4.69, 9.17) is 16.9 Å². The fourth-order valence-electron chi connectivity index (χ4n) is 1.84. The van der Waals surface area contributed by atoms with Crippen molar-refractivity contribution in [2.24, 2.45) is 0 Å². The lowest BCUT2D eigenvalue weighted by Crippen LogP contribution is -2.06. The molecule has 0 fully saturated rings.